The highest BCUT2D eigenvalue weighted by molar-refractivity contribution is 6.31. The van der Waals surface area contributed by atoms with E-state index in [0.29, 0.717) is 24.9 Å². The molecule has 2 aliphatic rings. The van der Waals surface area contributed by atoms with Gasteiger partial charge in [0.1, 0.15) is 0 Å². The van der Waals surface area contributed by atoms with Crippen LogP contribution in [0.15, 0.2) is 18.2 Å². The Hall–Kier alpha value is -0.840. The Balaban J connectivity index is 0.00000147. The average molecular weight is 319 g/mol. The molecule has 6 heteroatoms. The number of hydrogen-bond acceptors (Lipinski definition) is 2. The number of piperidine rings is 1. The van der Waals surface area contributed by atoms with E-state index in [0.717, 1.165) is 19.5 Å². The minimum atomic E-state index is -0.610. The number of carbonyl (C=O) groups excluding carboxylic acids is 1. The minimum Gasteiger partial charge on any atom is -0.338 e. The van der Waals surface area contributed by atoms with Crippen LogP contribution in [0.25, 0.3) is 0 Å². The molecule has 3 rings (SSSR count). The van der Waals surface area contributed by atoms with E-state index in [1.807, 2.05) is 0 Å². The van der Waals surface area contributed by atoms with Gasteiger partial charge in [0, 0.05) is 13.1 Å². The number of carbonyl (C=O) groups is 1. The molecule has 1 amide bonds. The Morgan fingerprint density at radius 3 is 2.90 bits per heavy atom. The van der Waals surface area contributed by atoms with Crippen LogP contribution in [0.3, 0.4) is 0 Å². The molecule has 0 aliphatic carbocycles. The lowest BCUT2D eigenvalue weighted by Crippen LogP contribution is -2.43. The van der Waals surface area contributed by atoms with Crippen LogP contribution < -0.4 is 5.32 Å². The molecule has 0 aromatic heterocycles. The molecule has 1 aromatic carbocycles. The van der Waals surface area contributed by atoms with Crippen LogP contribution in [0.5, 0.6) is 0 Å². The minimum absolute atomic E-state index is 0. The molecular formula is C14H17Cl2FN2O. The molecule has 3 nitrogen and oxygen atoms in total. The summed E-state index contributed by atoms with van der Waals surface area (Å²) < 4.78 is 13.9. The van der Waals surface area contributed by atoms with E-state index in [1.165, 1.54) is 12.1 Å². The summed E-state index contributed by atoms with van der Waals surface area (Å²) in [5, 5.41) is 3.35. The van der Waals surface area contributed by atoms with E-state index in [9.17, 15) is 9.18 Å². The third-order valence-electron chi connectivity index (χ3n) is 4.17. The molecule has 2 aliphatic heterocycles. The molecule has 0 radical (unpaired) electrons. The van der Waals surface area contributed by atoms with Gasteiger partial charge in [-0.3, -0.25) is 4.79 Å². The van der Waals surface area contributed by atoms with E-state index < -0.39 is 5.82 Å². The Morgan fingerprint density at radius 2 is 2.10 bits per heavy atom. The fourth-order valence-electron chi connectivity index (χ4n) is 3.06. The first kappa shape index (κ1) is 15.5. The highest BCUT2D eigenvalue weighted by Gasteiger charge is 2.35. The molecular weight excluding hydrogens is 302 g/mol. The lowest BCUT2D eigenvalue weighted by atomic mass is 9.88. The third kappa shape index (κ3) is 2.78. The van der Waals surface area contributed by atoms with Gasteiger partial charge in [-0.1, -0.05) is 17.7 Å². The number of nitrogens with one attached hydrogen (secondary N) is 1. The zero-order valence-corrected chi connectivity index (χ0v) is 12.5. The summed E-state index contributed by atoms with van der Waals surface area (Å²) in [5.41, 5.74) is 0.0805. The van der Waals surface area contributed by atoms with Crippen LogP contribution in [0.4, 0.5) is 4.39 Å². The number of benzene rings is 1. The second-order valence-corrected chi connectivity index (χ2v) is 5.73. The lowest BCUT2D eigenvalue weighted by Gasteiger charge is -2.34. The second-order valence-electron chi connectivity index (χ2n) is 5.32. The number of rotatable bonds is 1. The lowest BCUT2D eigenvalue weighted by molar-refractivity contribution is 0.0638. The zero-order chi connectivity index (χ0) is 13.4. The predicted octanol–water partition coefficient (Wildman–Crippen LogP) is 2.58. The van der Waals surface area contributed by atoms with Crippen molar-refractivity contribution in [2.24, 2.45) is 11.8 Å². The molecule has 20 heavy (non-hydrogen) atoms. The molecule has 2 saturated heterocycles. The van der Waals surface area contributed by atoms with Crippen molar-refractivity contribution in [2.75, 3.05) is 26.2 Å². The average Bonchev–Trinajstić information content (AvgIpc) is 2.88. The van der Waals surface area contributed by atoms with Gasteiger partial charge in [-0.15, -0.1) is 12.4 Å². The number of fused-ring (bicyclic) bond motifs is 1. The molecule has 1 N–H and O–H groups in total. The number of likely N-dealkylation sites (tertiary alicyclic amines) is 1. The van der Waals surface area contributed by atoms with Crippen molar-refractivity contribution in [1.29, 1.82) is 0 Å². The highest BCUT2D eigenvalue weighted by Crippen LogP contribution is 2.28. The van der Waals surface area contributed by atoms with Crippen molar-refractivity contribution in [3.8, 4) is 0 Å². The fourth-order valence-corrected chi connectivity index (χ4v) is 3.23. The Morgan fingerprint density at radius 1 is 1.35 bits per heavy atom. The summed E-state index contributed by atoms with van der Waals surface area (Å²) in [4.78, 5) is 14.1. The molecule has 2 fully saturated rings. The van der Waals surface area contributed by atoms with Crippen molar-refractivity contribution in [1.82, 2.24) is 10.2 Å². The topological polar surface area (TPSA) is 32.3 Å². The van der Waals surface area contributed by atoms with Crippen molar-refractivity contribution < 1.29 is 9.18 Å². The first-order valence-corrected chi connectivity index (χ1v) is 6.98. The van der Waals surface area contributed by atoms with Gasteiger partial charge in [-0.2, -0.15) is 0 Å². The smallest absolute Gasteiger partial charge is 0.256 e. The largest absolute Gasteiger partial charge is 0.338 e. The van der Waals surface area contributed by atoms with Gasteiger partial charge in [0.25, 0.3) is 5.91 Å². The summed E-state index contributed by atoms with van der Waals surface area (Å²) in [5.74, 6) is 0.305. The Kier molecular flexibility index (Phi) is 4.89. The SMILES string of the molecule is Cl.O=C(c1cccc(Cl)c1F)N1CCC2CNCC2C1. The first-order chi connectivity index (χ1) is 9.16. The van der Waals surface area contributed by atoms with Crippen molar-refractivity contribution >= 4 is 29.9 Å². The Bertz CT molecular complexity index is 512. The Labute approximate surface area is 128 Å². The van der Waals surface area contributed by atoms with Crippen LogP contribution >= 0.6 is 24.0 Å². The van der Waals surface area contributed by atoms with E-state index >= 15 is 0 Å². The molecule has 2 atom stereocenters. The molecule has 0 spiro atoms. The van der Waals surface area contributed by atoms with E-state index in [2.05, 4.69) is 5.32 Å². The maximum absolute atomic E-state index is 13.9. The third-order valence-corrected chi connectivity index (χ3v) is 4.47. The van der Waals surface area contributed by atoms with Crippen LogP contribution in [-0.4, -0.2) is 37.0 Å². The summed E-state index contributed by atoms with van der Waals surface area (Å²) in [6.45, 7) is 3.40. The quantitative estimate of drug-likeness (QED) is 0.863. The van der Waals surface area contributed by atoms with Gasteiger partial charge in [-0.05, 0) is 43.5 Å². The van der Waals surface area contributed by atoms with E-state index in [1.54, 1.807) is 11.0 Å². The monoisotopic (exact) mass is 318 g/mol. The maximum atomic E-state index is 13.9. The molecule has 0 bridgehead atoms. The summed E-state index contributed by atoms with van der Waals surface area (Å²) in [6, 6.07) is 4.58. The molecule has 0 saturated carbocycles. The standard InChI is InChI=1S/C14H16ClFN2O.ClH/c15-12-3-1-2-11(13(12)16)14(19)18-5-4-9-6-17-7-10(9)8-18;/h1-3,9-10,17H,4-8H2;1H. The zero-order valence-electron chi connectivity index (χ0n) is 10.9. The number of amides is 1. The van der Waals surface area contributed by atoms with Gasteiger partial charge in [0.2, 0.25) is 0 Å². The van der Waals surface area contributed by atoms with Crippen molar-refractivity contribution in [3.63, 3.8) is 0 Å². The molecule has 1 aromatic rings. The van der Waals surface area contributed by atoms with Gasteiger partial charge in [0.05, 0.1) is 10.6 Å². The number of hydrogen-bond donors (Lipinski definition) is 1. The molecule has 110 valence electrons. The first-order valence-electron chi connectivity index (χ1n) is 6.61. The van der Waals surface area contributed by atoms with Crippen molar-refractivity contribution in [3.05, 3.63) is 34.6 Å². The van der Waals surface area contributed by atoms with Crippen molar-refractivity contribution in [2.45, 2.75) is 6.42 Å². The fraction of sp³-hybridized carbons (Fsp3) is 0.500. The van der Waals surface area contributed by atoms with Crippen LogP contribution in [0.2, 0.25) is 5.02 Å². The van der Waals surface area contributed by atoms with Gasteiger partial charge in [0.15, 0.2) is 5.82 Å². The van der Waals surface area contributed by atoms with Crippen LogP contribution in [-0.2, 0) is 0 Å². The van der Waals surface area contributed by atoms with E-state index in [-0.39, 0.29) is 28.9 Å². The number of nitrogens with zero attached hydrogens (tertiary/aromatic N) is 1. The van der Waals surface area contributed by atoms with Crippen LogP contribution in [0.1, 0.15) is 16.8 Å². The normalized spacial score (nSPS) is 25.0. The van der Waals surface area contributed by atoms with Gasteiger partial charge >= 0.3 is 0 Å². The van der Waals surface area contributed by atoms with E-state index in [4.69, 9.17) is 11.6 Å². The summed E-state index contributed by atoms with van der Waals surface area (Å²) in [6.07, 6.45) is 0.992. The summed E-state index contributed by atoms with van der Waals surface area (Å²) in [7, 11) is 0. The highest BCUT2D eigenvalue weighted by atomic mass is 35.5. The van der Waals surface area contributed by atoms with Crippen LogP contribution in [0, 0.1) is 17.7 Å². The predicted molar refractivity (Wildman–Crippen MR) is 79.0 cm³/mol. The maximum Gasteiger partial charge on any atom is 0.256 e. The van der Waals surface area contributed by atoms with Gasteiger partial charge < -0.3 is 10.2 Å². The summed E-state index contributed by atoms with van der Waals surface area (Å²) >= 11 is 5.73. The number of halogens is 3. The molecule has 2 heterocycles. The molecule has 2 unspecified atom stereocenters. The van der Waals surface area contributed by atoms with Gasteiger partial charge in [-0.25, -0.2) is 4.39 Å². The second kappa shape index (κ2) is 6.29.